The molecule has 2 aliphatic heterocycles. The number of hydrogen-bond acceptors (Lipinski definition) is 5. The second-order valence-corrected chi connectivity index (χ2v) is 7.08. The number of benzene rings is 1. The van der Waals surface area contributed by atoms with Gasteiger partial charge in [-0.15, -0.1) is 0 Å². The molecule has 0 saturated carbocycles. The van der Waals surface area contributed by atoms with E-state index in [1.807, 2.05) is 24.3 Å². The van der Waals surface area contributed by atoms with Crippen LogP contribution >= 0.6 is 0 Å². The molecule has 1 N–H and O–H groups in total. The quantitative estimate of drug-likeness (QED) is 0.935. The van der Waals surface area contributed by atoms with Crippen molar-refractivity contribution in [3.8, 4) is 0 Å². The summed E-state index contributed by atoms with van der Waals surface area (Å²) in [5.41, 5.74) is 2.95. The lowest BCUT2D eigenvalue weighted by Crippen LogP contribution is -2.44. The van der Waals surface area contributed by atoms with Gasteiger partial charge in [-0.05, 0) is 51.3 Å². The van der Waals surface area contributed by atoms with Crippen molar-refractivity contribution in [2.24, 2.45) is 0 Å². The predicted octanol–water partition coefficient (Wildman–Crippen LogP) is 2.36. The van der Waals surface area contributed by atoms with Gasteiger partial charge < -0.3 is 10.0 Å². The van der Waals surface area contributed by atoms with Gasteiger partial charge in [0.05, 0.1) is 23.3 Å². The number of fused-ring (bicyclic) bond motifs is 1. The maximum atomic E-state index is 9.58. The highest BCUT2D eigenvalue weighted by Gasteiger charge is 2.32. The smallest absolute Gasteiger partial charge is 0.151 e. The first-order valence-corrected chi connectivity index (χ1v) is 9.11. The first kappa shape index (κ1) is 15.8. The molecule has 2 aromatic rings. The summed E-state index contributed by atoms with van der Waals surface area (Å²) in [4.78, 5) is 14.6. The van der Waals surface area contributed by atoms with Crippen molar-refractivity contribution in [3.05, 3.63) is 30.0 Å². The third-order valence-electron chi connectivity index (χ3n) is 5.52. The van der Waals surface area contributed by atoms with E-state index >= 15 is 0 Å². The van der Waals surface area contributed by atoms with Crippen LogP contribution in [0, 0.1) is 6.92 Å². The minimum Gasteiger partial charge on any atom is -0.395 e. The van der Waals surface area contributed by atoms with E-state index in [4.69, 9.17) is 9.97 Å². The fourth-order valence-corrected chi connectivity index (χ4v) is 4.27. The maximum absolute atomic E-state index is 9.58. The van der Waals surface area contributed by atoms with E-state index in [0.717, 1.165) is 48.6 Å². The van der Waals surface area contributed by atoms with Crippen LogP contribution in [0.3, 0.4) is 0 Å². The molecule has 2 aliphatic rings. The van der Waals surface area contributed by atoms with Gasteiger partial charge in [-0.25, -0.2) is 9.97 Å². The van der Waals surface area contributed by atoms with E-state index in [0.29, 0.717) is 12.1 Å². The average Bonchev–Trinajstić information content (AvgIpc) is 3.23. The van der Waals surface area contributed by atoms with Crippen molar-refractivity contribution < 1.29 is 5.11 Å². The third-order valence-corrected chi connectivity index (χ3v) is 5.52. The topological polar surface area (TPSA) is 52.5 Å². The second-order valence-electron chi connectivity index (χ2n) is 7.08. The van der Waals surface area contributed by atoms with Gasteiger partial charge in [0.25, 0.3) is 0 Å². The van der Waals surface area contributed by atoms with Crippen molar-refractivity contribution >= 4 is 16.9 Å². The number of aliphatic hydroxyl groups excluding tert-OH is 1. The normalized spacial score (nSPS) is 25.0. The summed E-state index contributed by atoms with van der Waals surface area (Å²) in [6.45, 7) is 5.53. The monoisotopic (exact) mass is 326 g/mol. The van der Waals surface area contributed by atoms with Crippen molar-refractivity contribution in [1.29, 1.82) is 0 Å². The molecule has 0 spiro atoms. The van der Waals surface area contributed by atoms with Gasteiger partial charge in [-0.3, -0.25) is 4.90 Å². The Kier molecular flexibility index (Phi) is 4.37. The summed E-state index contributed by atoms with van der Waals surface area (Å²) in [7, 11) is 0. The predicted molar refractivity (Wildman–Crippen MR) is 96.3 cm³/mol. The fraction of sp³-hybridized carbons (Fsp3) is 0.579. The largest absolute Gasteiger partial charge is 0.395 e. The molecule has 128 valence electrons. The molecule has 0 bridgehead atoms. The van der Waals surface area contributed by atoms with Crippen LogP contribution in [0.25, 0.3) is 11.0 Å². The number of hydrogen-bond donors (Lipinski definition) is 1. The number of likely N-dealkylation sites (tertiary alicyclic amines) is 1. The fourth-order valence-electron chi connectivity index (χ4n) is 4.27. The zero-order chi connectivity index (χ0) is 16.5. The highest BCUT2D eigenvalue weighted by atomic mass is 16.3. The molecule has 0 amide bonds. The molecule has 0 radical (unpaired) electrons. The average molecular weight is 326 g/mol. The lowest BCUT2D eigenvalue weighted by Gasteiger charge is -2.32. The molecule has 2 atom stereocenters. The standard InChI is InChI=1S/C19H26N4O/c1-14-19(21-18-9-3-2-8-17(18)20-14)23-11-5-6-15(23)12-22-10-4-7-16(22)13-24/h2-3,8-9,15-16,24H,4-7,10-13H2,1H3. The van der Waals surface area contributed by atoms with Gasteiger partial charge in [0, 0.05) is 25.2 Å². The molecule has 0 aliphatic carbocycles. The molecule has 1 aromatic carbocycles. The van der Waals surface area contributed by atoms with Gasteiger partial charge in [0.2, 0.25) is 0 Å². The van der Waals surface area contributed by atoms with E-state index in [1.165, 1.54) is 19.3 Å². The summed E-state index contributed by atoms with van der Waals surface area (Å²) in [5, 5.41) is 9.58. The Morgan fingerprint density at radius 3 is 2.54 bits per heavy atom. The molecule has 3 heterocycles. The Labute approximate surface area is 143 Å². The first-order valence-electron chi connectivity index (χ1n) is 9.11. The van der Waals surface area contributed by atoms with Crippen molar-refractivity contribution in [2.45, 2.75) is 44.7 Å². The first-order chi connectivity index (χ1) is 11.8. The molecular weight excluding hydrogens is 300 g/mol. The highest BCUT2D eigenvalue weighted by molar-refractivity contribution is 5.76. The van der Waals surface area contributed by atoms with E-state index in [1.54, 1.807) is 0 Å². The molecule has 5 nitrogen and oxygen atoms in total. The molecule has 2 fully saturated rings. The molecule has 4 rings (SSSR count). The van der Waals surface area contributed by atoms with Crippen molar-refractivity contribution in [2.75, 3.05) is 31.1 Å². The Morgan fingerprint density at radius 2 is 1.75 bits per heavy atom. The number of rotatable bonds is 4. The van der Waals surface area contributed by atoms with Crippen LogP contribution in [0.15, 0.2) is 24.3 Å². The van der Waals surface area contributed by atoms with Crippen molar-refractivity contribution in [3.63, 3.8) is 0 Å². The van der Waals surface area contributed by atoms with E-state index < -0.39 is 0 Å². The molecular formula is C19H26N4O. The summed E-state index contributed by atoms with van der Waals surface area (Å²) < 4.78 is 0. The summed E-state index contributed by atoms with van der Waals surface area (Å²) in [5.74, 6) is 1.04. The van der Waals surface area contributed by atoms with Gasteiger partial charge in [-0.2, -0.15) is 0 Å². The van der Waals surface area contributed by atoms with Crippen LogP contribution in [0.4, 0.5) is 5.82 Å². The minimum absolute atomic E-state index is 0.279. The number of aromatic nitrogens is 2. The van der Waals surface area contributed by atoms with Gasteiger partial charge >= 0.3 is 0 Å². The molecule has 2 unspecified atom stereocenters. The molecule has 1 aromatic heterocycles. The lowest BCUT2D eigenvalue weighted by molar-refractivity contribution is 0.153. The van der Waals surface area contributed by atoms with Gasteiger partial charge in [-0.1, -0.05) is 12.1 Å². The Balaban J connectivity index is 1.59. The van der Waals surface area contributed by atoms with Gasteiger partial charge in [0.1, 0.15) is 0 Å². The number of anilines is 1. The number of para-hydroxylation sites is 2. The minimum atomic E-state index is 0.279. The lowest BCUT2D eigenvalue weighted by atomic mass is 10.1. The summed E-state index contributed by atoms with van der Waals surface area (Å²) in [6.07, 6.45) is 4.73. The Hall–Kier alpha value is -1.72. The van der Waals surface area contributed by atoms with Crippen LogP contribution in [-0.4, -0.2) is 58.3 Å². The SMILES string of the molecule is Cc1nc2ccccc2nc1N1CCCC1CN1CCCC1CO. The molecule has 2 saturated heterocycles. The van der Waals surface area contributed by atoms with E-state index in [9.17, 15) is 5.11 Å². The van der Waals surface area contributed by atoms with Crippen LogP contribution in [0.1, 0.15) is 31.4 Å². The van der Waals surface area contributed by atoms with Gasteiger partial charge in [0.15, 0.2) is 5.82 Å². The van der Waals surface area contributed by atoms with E-state index in [-0.39, 0.29) is 6.61 Å². The zero-order valence-corrected chi connectivity index (χ0v) is 14.4. The Bertz CT molecular complexity index is 720. The van der Waals surface area contributed by atoms with Crippen LogP contribution in [0.2, 0.25) is 0 Å². The number of aliphatic hydroxyl groups is 1. The summed E-state index contributed by atoms with van der Waals surface area (Å²) >= 11 is 0. The second kappa shape index (κ2) is 6.65. The van der Waals surface area contributed by atoms with E-state index in [2.05, 4.69) is 16.7 Å². The van der Waals surface area contributed by atoms with Crippen LogP contribution in [-0.2, 0) is 0 Å². The van der Waals surface area contributed by atoms with Crippen LogP contribution < -0.4 is 4.90 Å². The van der Waals surface area contributed by atoms with Crippen LogP contribution in [0.5, 0.6) is 0 Å². The maximum Gasteiger partial charge on any atom is 0.151 e. The molecule has 24 heavy (non-hydrogen) atoms. The number of nitrogens with zero attached hydrogens (tertiary/aromatic N) is 4. The Morgan fingerprint density at radius 1 is 1.04 bits per heavy atom. The number of aryl methyl sites for hydroxylation is 1. The highest BCUT2D eigenvalue weighted by Crippen LogP contribution is 2.29. The summed E-state index contributed by atoms with van der Waals surface area (Å²) in [6, 6.07) is 8.92. The third kappa shape index (κ3) is 2.87. The zero-order valence-electron chi connectivity index (χ0n) is 14.4. The molecule has 5 heteroatoms. The van der Waals surface area contributed by atoms with Crippen molar-refractivity contribution in [1.82, 2.24) is 14.9 Å².